The SMILES string of the molecule is C=Cc1ncc([N+](=O)[O-])c(OC)n1. The molecule has 68 valence electrons. The summed E-state index contributed by atoms with van der Waals surface area (Å²) in [6.07, 6.45) is 2.47. The molecule has 6 nitrogen and oxygen atoms in total. The maximum atomic E-state index is 10.4. The van der Waals surface area contributed by atoms with Gasteiger partial charge in [-0.3, -0.25) is 10.1 Å². The van der Waals surface area contributed by atoms with Crippen LogP contribution >= 0.6 is 0 Å². The average Bonchev–Trinajstić information content (AvgIpc) is 2.16. The average molecular weight is 181 g/mol. The summed E-state index contributed by atoms with van der Waals surface area (Å²) in [5, 5.41) is 10.4. The van der Waals surface area contributed by atoms with Crippen molar-refractivity contribution in [2.75, 3.05) is 7.11 Å². The van der Waals surface area contributed by atoms with Crippen LogP contribution in [0.2, 0.25) is 0 Å². The van der Waals surface area contributed by atoms with Crippen LogP contribution in [-0.4, -0.2) is 22.0 Å². The van der Waals surface area contributed by atoms with Gasteiger partial charge in [-0.15, -0.1) is 0 Å². The normalized spacial score (nSPS) is 9.31. The van der Waals surface area contributed by atoms with E-state index in [1.807, 2.05) is 0 Å². The predicted molar refractivity (Wildman–Crippen MR) is 45.3 cm³/mol. The molecule has 1 heterocycles. The fourth-order valence-electron chi connectivity index (χ4n) is 0.746. The van der Waals surface area contributed by atoms with Gasteiger partial charge in [0.25, 0.3) is 5.88 Å². The Labute approximate surface area is 74.0 Å². The highest BCUT2D eigenvalue weighted by Gasteiger charge is 2.16. The minimum absolute atomic E-state index is 0.0603. The van der Waals surface area contributed by atoms with Gasteiger partial charge in [-0.1, -0.05) is 6.58 Å². The Bertz CT molecular complexity index is 351. The maximum Gasteiger partial charge on any atom is 0.349 e. The van der Waals surface area contributed by atoms with Crippen molar-refractivity contribution < 1.29 is 9.66 Å². The number of hydrogen-bond donors (Lipinski definition) is 0. The summed E-state index contributed by atoms with van der Waals surface area (Å²) in [7, 11) is 1.31. The predicted octanol–water partition coefficient (Wildman–Crippen LogP) is 1.04. The molecule has 0 radical (unpaired) electrons. The summed E-state index contributed by atoms with van der Waals surface area (Å²) in [6, 6.07) is 0. The van der Waals surface area contributed by atoms with Gasteiger partial charge in [0.05, 0.1) is 12.0 Å². The Kier molecular flexibility index (Phi) is 2.53. The molecular formula is C7H7N3O3. The van der Waals surface area contributed by atoms with Gasteiger partial charge in [-0.05, 0) is 6.08 Å². The molecule has 0 atom stereocenters. The number of nitrogens with zero attached hydrogens (tertiary/aromatic N) is 3. The van der Waals surface area contributed by atoms with Crippen LogP contribution in [0.4, 0.5) is 5.69 Å². The minimum atomic E-state index is -0.605. The van der Waals surface area contributed by atoms with Crippen molar-refractivity contribution in [3.05, 3.63) is 28.7 Å². The number of methoxy groups -OCH3 is 1. The molecule has 0 aliphatic carbocycles. The molecule has 6 heteroatoms. The van der Waals surface area contributed by atoms with Gasteiger partial charge in [0, 0.05) is 0 Å². The monoisotopic (exact) mass is 181 g/mol. The van der Waals surface area contributed by atoms with Crippen LogP contribution in [0.1, 0.15) is 5.82 Å². The van der Waals surface area contributed by atoms with Crippen molar-refractivity contribution >= 4 is 11.8 Å². The lowest BCUT2D eigenvalue weighted by Gasteiger charge is -1.99. The summed E-state index contributed by atoms with van der Waals surface area (Å²) in [4.78, 5) is 17.2. The fraction of sp³-hybridized carbons (Fsp3) is 0.143. The lowest BCUT2D eigenvalue weighted by atomic mass is 10.5. The number of nitro groups is 1. The summed E-state index contributed by atoms with van der Waals surface area (Å²) in [5.74, 6) is 0.234. The standard InChI is InChI=1S/C7H7N3O3/c1-3-6-8-4-5(10(11)12)7(9-6)13-2/h3-4H,1H2,2H3. The minimum Gasteiger partial charge on any atom is -0.476 e. The van der Waals surface area contributed by atoms with Crippen LogP contribution in [0.3, 0.4) is 0 Å². The molecule has 1 aromatic rings. The first-order chi connectivity index (χ1) is 6.19. The quantitative estimate of drug-likeness (QED) is 0.514. The molecular weight excluding hydrogens is 174 g/mol. The van der Waals surface area contributed by atoms with Gasteiger partial charge in [-0.2, -0.15) is 4.98 Å². The molecule has 0 spiro atoms. The summed E-state index contributed by atoms with van der Waals surface area (Å²) in [6.45, 7) is 3.43. The molecule has 0 fully saturated rings. The largest absolute Gasteiger partial charge is 0.476 e. The van der Waals surface area contributed by atoms with Crippen LogP contribution in [-0.2, 0) is 0 Å². The van der Waals surface area contributed by atoms with E-state index in [4.69, 9.17) is 4.74 Å². The molecule has 0 saturated carbocycles. The van der Waals surface area contributed by atoms with Crippen LogP contribution in [0, 0.1) is 10.1 Å². The van der Waals surface area contributed by atoms with E-state index in [-0.39, 0.29) is 11.6 Å². The van der Waals surface area contributed by atoms with Gasteiger partial charge in [0.15, 0.2) is 5.82 Å². The van der Waals surface area contributed by atoms with Crippen molar-refractivity contribution in [2.45, 2.75) is 0 Å². The number of hydrogen-bond acceptors (Lipinski definition) is 5. The second kappa shape index (κ2) is 3.61. The second-order valence-electron chi connectivity index (χ2n) is 2.08. The van der Waals surface area contributed by atoms with E-state index in [1.54, 1.807) is 0 Å². The van der Waals surface area contributed by atoms with Crippen molar-refractivity contribution in [3.8, 4) is 5.88 Å². The third kappa shape index (κ3) is 1.78. The Hall–Kier alpha value is -1.98. The number of aromatic nitrogens is 2. The van der Waals surface area contributed by atoms with Crippen molar-refractivity contribution in [2.24, 2.45) is 0 Å². The van der Waals surface area contributed by atoms with Crippen LogP contribution in [0.5, 0.6) is 5.88 Å². The maximum absolute atomic E-state index is 10.4. The lowest BCUT2D eigenvalue weighted by Crippen LogP contribution is -1.99. The fourth-order valence-corrected chi connectivity index (χ4v) is 0.746. The topological polar surface area (TPSA) is 78.2 Å². The van der Waals surface area contributed by atoms with Crippen molar-refractivity contribution in [3.63, 3.8) is 0 Å². The Morgan fingerprint density at radius 3 is 2.92 bits per heavy atom. The third-order valence-electron chi connectivity index (χ3n) is 1.33. The summed E-state index contributed by atoms with van der Waals surface area (Å²) >= 11 is 0. The van der Waals surface area contributed by atoms with Crippen LogP contribution < -0.4 is 4.74 Å². The molecule has 0 aliphatic heterocycles. The molecule has 0 aliphatic rings. The molecule has 1 rings (SSSR count). The molecule has 0 saturated heterocycles. The molecule has 0 bridgehead atoms. The third-order valence-corrected chi connectivity index (χ3v) is 1.33. The smallest absolute Gasteiger partial charge is 0.349 e. The van der Waals surface area contributed by atoms with E-state index in [0.717, 1.165) is 6.20 Å². The number of rotatable bonds is 3. The molecule has 13 heavy (non-hydrogen) atoms. The first kappa shape index (κ1) is 9.11. The van der Waals surface area contributed by atoms with E-state index in [1.165, 1.54) is 13.2 Å². The summed E-state index contributed by atoms with van der Waals surface area (Å²) in [5.41, 5.74) is -0.256. The zero-order valence-corrected chi connectivity index (χ0v) is 6.93. The van der Waals surface area contributed by atoms with Crippen molar-refractivity contribution in [1.29, 1.82) is 0 Å². The second-order valence-corrected chi connectivity index (χ2v) is 2.08. The lowest BCUT2D eigenvalue weighted by molar-refractivity contribution is -0.386. The molecule has 1 aromatic heterocycles. The van der Waals surface area contributed by atoms with E-state index in [0.29, 0.717) is 5.82 Å². The Balaban J connectivity index is 3.23. The Morgan fingerprint density at radius 1 is 1.77 bits per heavy atom. The Morgan fingerprint density at radius 2 is 2.46 bits per heavy atom. The van der Waals surface area contributed by atoms with Crippen molar-refractivity contribution in [1.82, 2.24) is 9.97 Å². The zero-order chi connectivity index (χ0) is 9.84. The highest BCUT2D eigenvalue weighted by molar-refractivity contribution is 5.44. The highest BCUT2D eigenvalue weighted by atomic mass is 16.6. The van der Waals surface area contributed by atoms with Crippen LogP contribution in [0.25, 0.3) is 6.08 Å². The van der Waals surface area contributed by atoms with Gasteiger partial charge in [-0.25, -0.2) is 4.98 Å². The van der Waals surface area contributed by atoms with Crippen LogP contribution in [0.15, 0.2) is 12.8 Å². The molecule has 0 aromatic carbocycles. The van der Waals surface area contributed by atoms with E-state index in [2.05, 4.69) is 16.5 Å². The van der Waals surface area contributed by atoms with E-state index < -0.39 is 4.92 Å². The molecule has 0 unspecified atom stereocenters. The first-order valence-corrected chi connectivity index (χ1v) is 3.37. The van der Waals surface area contributed by atoms with E-state index >= 15 is 0 Å². The van der Waals surface area contributed by atoms with Gasteiger partial charge >= 0.3 is 5.69 Å². The van der Waals surface area contributed by atoms with E-state index in [9.17, 15) is 10.1 Å². The van der Waals surface area contributed by atoms with Gasteiger partial charge in [0.1, 0.15) is 6.20 Å². The zero-order valence-electron chi connectivity index (χ0n) is 6.93. The molecule has 0 N–H and O–H groups in total. The van der Waals surface area contributed by atoms with Gasteiger partial charge in [0.2, 0.25) is 0 Å². The molecule has 0 amide bonds. The number of ether oxygens (including phenoxy) is 1. The van der Waals surface area contributed by atoms with Gasteiger partial charge < -0.3 is 4.74 Å². The highest BCUT2D eigenvalue weighted by Crippen LogP contribution is 2.22. The first-order valence-electron chi connectivity index (χ1n) is 3.37. The summed E-state index contributed by atoms with van der Waals surface area (Å²) < 4.78 is 4.71.